The molecule has 2 N–H and O–H groups in total. The van der Waals surface area contributed by atoms with Crippen LogP contribution in [0.2, 0.25) is 0 Å². The van der Waals surface area contributed by atoms with Gasteiger partial charge in [0.1, 0.15) is 5.82 Å². The monoisotopic (exact) mass is 322 g/mol. The molecule has 1 aromatic carbocycles. The lowest BCUT2D eigenvalue weighted by atomic mass is 10.1. The normalized spacial score (nSPS) is 18.9. The molecule has 1 saturated heterocycles. The number of aryl methyl sites for hydroxylation is 2. The predicted octanol–water partition coefficient (Wildman–Crippen LogP) is 1.89. The number of hydrogen-bond acceptors (Lipinski definition) is 3. The lowest BCUT2D eigenvalue weighted by molar-refractivity contribution is 0.550. The van der Waals surface area contributed by atoms with E-state index in [0.29, 0.717) is 17.7 Å². The Bertz CT molecular complexity index is 549. The minimum absolute atomic E-state index is 0. The average molecular weight is 323 g/mol. The topological polar surface area (TPSA) is 58.2 Å². The van der Waals surface area contributed by atoms with Gasteiger partial charge in [0.05, 0.1) is 4.90 Å². The maximum Gasteiger partial charge on any atom is 0.241 e. The predicted molar refractivity (Wildman–Crippen MR) is 79.3 cm³/mol. The highest BCUT2D eigenvalue weighted by Crippen LogP contribution is 2.21. The van der Waals surface area contributed by atoms with Crippen LogP contribution in [0.5, 0.6) is 0 Å². The molecule has 1 aromatic rings. The minimum Gasteiger partial charge on any atom is -0.313 e. The standard InChI is InChI=1S/C13H19FN2O2S.ClH/c1-9-6-11(14)7-10(2)13(9)19(17,18)16-8-12-4-3-5-15-12;/h6-7,12,15-16H,3-5,8H2,1-2H3;1H. The number of benzene rings is 1. The van der Waals surface area contributed by atoms with Gasteiger partial charge in [-0.25, -0.2) is 17.5 Å². The van der Waals surface area contributed by atoms with Crippen LogP contribution in [0, 0.1) is 19.7 Å². The summed E-state index contributed by atoms with van der Waals surface area (Å²) in [4.78, 5) is 0.187. The van der Waals surface area contributed by atoms with Gasteiger partial charge in [0.15, 0.2) is 0 Å². The van der Waals surface area contributed by atoms with Gasteiger partial charge < -0.3 is 5.32 Å². The number of sulfonamides is 1. The van der Waals surface area contributed by atoms with E-state index in [2.05, 4.69) is 10.0 Å². The van der Waals surface area contributed by atoms with Crippen LogP contribution in [-0.2, 0) is 10.0 Å². The Morgan fingerprint density at radius 2 is 1.95 bits per heavy atom. The summed E-state index contributed by atoms with van der Waals surface area (Å²) in [5.74, 6) is -0.411. The van der Waals surface area contributed by atoms with Gasteiger partial charge in [0, 0.05) is 12.6 Å². The summed E-state index contributed by atoms with van der Waals surface area (Å²) < 4.78 is 40.4. The van der Waals surface area contributed by atoms with Gasteiger partial charge in [-0.3, -0.25) is 0 Å². The molecular formula is C13H20ClFN2O2S. The molecule has 0 amide bonds. The zero-order valence-corrected chi connectivity index (χ0v) is 13.2. The van der Waals surface area contributed by atoms with Gasteiger partial charge in [0.2, 0.25) is 10.0 Å². The van der Waals surface area contributed by atoms with Gasteiger partial charge in [-0.05, 0) is 56.5 Å². The second-order valence-corrected chi connectivity index (χ2v) is 6.72. The molecule has 1 fully saturated rings. The molecule has 7 heteroatoms. The fraction of sp³-hybridized carbons (Fsp3) is 0.538. The van der Waals surface area contributed by atoms with E-state index in [1.54, 1.807) is 13.8 Å². The molecule has 114 valence electrons. The number of halogens is 2. The SMILES string of the molecule is Cc1cc(F)cc(C)c1S(=O)(=O)NCC1CCCN1.Cl. The molecule has 0 spiro atoms. The van der Waals surface area contributed by atoms with Gasteiger partial charge >= 0.3 is 0 Å². The molecule has 2 rings (SSSR count). The van der Waals surface area contributed by atoms with E-state index in [9.17, 15) is 12.8 Å². The van der Waals surface area contributed by atoms with Crippen LogP contribution in [-0.4, -0.2) is 27.5 Å². The van der Waals surface area contributed by atoms with Gasteiger partial charge in [-0.1, -0.05) is 0 Å². The summed E-state index contributed by atoms with van der Waals surface area (Å²) in [7, 11) is -3.58. The molecule has 0 bridgehead atoms. The van der Waals surface area contributed by atoms with Crippen molar-refractivity contribution in [2.75, 3.05) is 13.1 Å². The van der Waals surface area contributed by atoms with Gasteiger partial charge in [-0.15, -0.1) is 12.4 Å². The van der Waals surface area contributed by atoms with Crippen LogP contribution in [0.25, 0.3) is 0 Å². The third-order valence-corrected chi connectivity index (χ3v) is 5.10. The van der Waals surface area contributed by atoms with Crippen LogP contribution < -0.4 is 10.0 Å². The fourth-order valence-electron chi connectivity index (χ4n) is 2.53. The Morgan fingerprint density at radius 3 is 2.45 bits per heavy atom. The van der Waals surface area contributed by atoms with Crippen molar-refractivity contribution < 1.29 is 12.8 Å². The quantitative estimate of drug-likeness (QED) is 0.890. The first-order chi connectivity index (χ1) is 8.90. The Morgan fingerprint density at radius 1 is 1.35 bits per heavy atom. The molecule has 0 aromatic heterocycles. The summed E-state index contributed by atoms with van der Waals surface area (Å²) in [6.07, 6.45) is 2.05. The largest absolute Gasteiger partial charge is 0.313 e. The van der Waals surface area contributed by atoms with Crippen molar-refractivity contribution in [3.05, 3.63) is 29.1 Å². The van der Waals surface area contributed by atoms with Gasteiger partial charge in [-0.2, -0.15) is 0 Å². The lowest BCUT2D eigenvalue weighted by Gasteiger charge is -2.15. The summed E-state index contributed by atoms with van der Waals surface area (Å²) in [5, 5.41) is 3.23. The zero-order chi connectivity index (χ0) is 14.0. The summed E-state index contributed by atoms with van der Waals surface area (Å²) in [6, 6.07) is 2.68. The summed E-state index contributed by atoms with van der Waals surface area (Å²) >= 11 is 0. The van der Waals surface area contributed by atoms with Crippen LogP contribution in [0.15, 0.2) is 17.0 Å². The number of rotatable bonds is 4. The van der Waals surface area contributed by atoms with E-state index in [1.807, 2.05) is 0 Å². The van der Waals surface area contributed by atoms with Crippen molar-refractivity contribution in [2.45, 2.75) is 37.6 Å². The Kier molecular flexibility index (Phi) is 5.94. The maximum absolute atomic E-state index is 13.2. The highest BCUT2D eigenvalue weighted by atomic mass is 35.5. The van der Waals surface area contributed by atoms with Crippen LogP contribution in [0.4, 0.5) is 4.39 Å². The third kappa shape index (κ3) is 3.91. The van der Waals surface area contributed by atoms with E-state index in [4.69, 9.17) is 0 Å². The van der Waals surface area contributed by atoms with Crippen molar-refractivity contribution in [3.63, 3.8) is 0 Å². The highest BCUT2D eigenvalue weighted by Gasteiger charge is 2.22. The molecule has 0 saturated carbocycles. The maximum atomic E-state index is 13.2. The summed E-state index contributed by atoms with van der Waals surface area (Å²) in [6.45, 7) is 4.52. The summed E-state index contributed by atoms with van der Waals surface area (Å²) in [5.41, 5.74) is 0.869. The molecule has 4 nitrogen and oxygen atoms in total. The zero-order valence-electron chi connectivity index (χ0n) is 11.6. The first kappa shape index (κ1) is 17.4. The molecule has 1 unspecified atom stereocenters. The van der Waals surface area contributed by atoms with E-state index < -0.39 is 15.8 Å². The third-order valence-electron chi connectivity index (χ3n) is 3.38. The Labute approximate surface area is 125 Å². The first-order valence-electron chi connectivity index (χ1n) is 6.40. The Balaban J connectivity index is 0.00000200. The molecule has 1 aliphatic rings. The molecule has 20 heavy (non-hydrogen) atoms. The second-order valence-electron chi connectivity index (χ2n) is 5.01. The lowest BCUT2D eigenvalue weighted by Crippen LogP contribution is -2.37. The second kappa shape index (κ2) is 6.85. The van der Waals surface area contributed by atoms with E-state index in [1.165, 1.54) is 12.1 Å². The molecule has 0 radical (unpaired) electrons. The van der Waals surface area contributed by atoms with Crippen molar-refractivity contribution in [1.29, 1.82) is 0 Å². The molecule has 1 atom stereocenters. The van der Waals surface area contributed by atoms with Crippen molar-refractivity contribution in [2.24, 2.45) is 0 Å². The highest BCUT2D eigenvalue weighted by molar-refractivity contribution is 7.89. The average Bonchev–Trinajstić information content (AvgIpc) is 2.77. The first-order valence-corrected chi connectivity index (χ1v) is 7.88. The van der Waals surface area contributed by atoms with Crippen molar-refractivity contribution in [3.8, 4) is 0 Å². The van der Waals surface area contributed by atoms with Crippen molar-refractivity contribution >= 4 is 22.4 Å². The Hall–Kier alpha value is -0.690. The van der Waals surface area contributed by atoms with Crippen LogP contribution >= 0.6 is 12.4 Å². The van der Waals surface area contributed by atoms with E-state index in [-0.39, 0.29) is 23.3 Å². The smallest absolute Gasteiger partial charge is 0.241 e. The van der Waals surface area contributed by atoms with Crippen molar-refractivity contribution in [1.82, 2.24) is 10.0 Å². The van der Waals surface area contributed by atoms with E-state index in [0.717, 1.165) is 19.4 Å². The number of nitrogens with one attached hydrogen (secondary N) is 2. The number of hydrogen-bond donors (Lipinski definition) is 2. The van der Waals surface area contributed by atoms with Gasteiger partial charge in [0.25, 0.3) is 0 Å². The minimum atomic E-state index is -3.58. The molecule has 1 heterocycles. The molecular weight excluding hydrogens is 303 g/mol. The van der Waals surface area contributed by atoms with E-state index >= 15 is 0 Å². The molecule has 1 aliphatic heterocycles. The molecule has 0 aliphatic carbocycles. The van der Waals surface area contributed by atoms with Crippen LogP contribution in [0.3, 0.4) is 0 Å². The van der Waals surface area contributed by atoms with Crippen LogP contribution in [0.1, 0.15) is 24.0 Å². The fourth-order valence-corrected chi connectivity index (χ4v) is 4.07.